The van der Waals surface area contributed by atoms with Gasteiger partial charge in [-0.1, -0.05) is 0 Å². The summed E-state index contributed by atoms with van der Waals surface area (Å²) in [5.41, 5.74) is 10.4. The molecule has 0 aromatic rings. The van der Waals surface area contributed by atoms with Crippen molar-refractivity contribution >= 4 is 12.6 Å². The van der Waals surface area contributed by atoms with E-state index in [0.29, 0.717) is 13.0 Å². The SMILES string of the molecule is C=NC(=O)[C@@H](N)CCN. The van der Waals surface area contributed by atoms with Crippen LogP contribution in [0.1, 0.15) is 6.42 Å². The van der Waals surface area contributed by atoms with Crippen LogP contribution in [-0.2, 0) is 4.79 Å². The van der Waals surface area contributed by atoms with Crippen LogP contribution in [0.5, 0.6) is 0 Å². The van der Waals surface area contributed by atoms with Gasteiger partial charge < -0.3 is 11.5 Å². The van der Waals surface area contributed by atoms with E-state index in [1.807, 2.05) is 0 Å². The molecule has 4 heteroatoms. The second kappa shape index (κ2) is 4.17. The zero-order valence-corrected chi connectivity index (χ0v) is 5.21. The maximum Gasteiger partial charge on any atom is 0.261 e. The van der Waals surface area contributed by atoms with Gasteiger partial charge in [0.25, 0.3) is 5.91 Å². The summed E-state index contributed by atoms with van der Waals surface area (Å²) in [6, 6.07) is -0.563. The Labute approximate surface area is 53.9 Å². The first-order chi connectivity index (χ1) is 4.22. The second-order valence-corrected chi connectivity index (χ2v) is 1.68. The number of rotatable bonds is 3. The fourth-order valence-corrected chi connectivity index (χ4v) is 0.420. The Morgan fingerprint density at radius 2 is 2.33 bits per heavy atom. The van der Waals surface area contributed by atoms with E-state index in [-0.39, 0.29) is 5.91 Å². The van der Waals surface area contributed by atoms with Crippen molar-refractivity contribution in [1.29, 1.82) is 0 Å². The van der Waals surface area contributed by atoms with Crippen molar-refractivity contribution in [3.63, 3.8) is 0 Å². The van der Waals surface area contributed by atoms with Crippen molar-refractivity contribution in [3.05, 3.63) is 0 Å². The number of carbonyl (C=O) groups excluding carboxylic acids is 1. The number of nitrogens with zero attached hydrogens (tertiary/aromatic N) is 1. The van der Waals surface area contributed by atoms with Crippen molar-refractivity contribution in [2.45, 2.75) is 12.5 Å². The Bertz CT molecular complexity index is 113. The summed E-state index contributed by atoms with van der Waals surface area (Å²) in [4.78, 5) is 13.6. The first kappa shape index (κ1) is 8.26. The number of amides is 1. The first-order valence-corrected chi connectivity index (χ1v) is 2.68. The van der Waals surface area contributed by atoms with Gasteiger partial charge >= 0.3 is 0 Å². The summed E-state index contributed by atoms with van der Waals surface area (Å²) in [6.45, 7) is 3.45. The van der Waals surface area contributed by atoms with Gasteiger partial charge in [-0.25, -0.2) is 4.99 Å². The van der Waals surface area contributed by atoms with Crippen LogP contribution in [0.25, 0.3) is 0 Å². The molecule has 0 aromatic heterocycles. The van der Waals surface area contributed by atoms with Crippen LogP contribution in [0.4, 0.5) is 0 Å². The van der Waals surface area contributed by atoms with Crippen LogP contribution in [0.2, 0.25) is 0 Å². The number of hydrogen-bond donors (Lipinski definition) is 2. The predicted octanol–water partition coefficient (Wildman–Crippen LogP) is -1.11. The largest absolute Gasteiger partial charge is 0.330 e. The third kappa shape index (κ3) is 2.94. The van der Waals surface area contributed by atoms with E-state index in [1.165, 1.54) is 0 Å². The minimum Gasteiger partial charge on any atom is -0.330 e. The molecule has 0 aliphatic carbocycles. The molecule has 9 heavy (non-hydrogen) atoms. The summed E-state index contributed by atoms with van der Waals surface area (Å²) in [5.74, 6) is -0.388. The minimum atomic E-state index is -0.563. The van der Waals surface area contributed by atoms with E-state index >= 15 is 0 Å². The third-order valence-corrected chi connectivity index (χ3v) is 0.951. The Kier molecular flexibility index (Phi) is 3.83. The Balaban J connectivity index is 3.58. The highest BCUT2D eigenvalue weighted by atomic mass is 16.1. The molecular weight excluding hydrogens is 118 g/mol. The normalized spacial score (nSPS) is 12.7. The molecule has 0 bridgehead atoms. The molecule has 4 N–H and O–H groups in total. The molecule has 0 saturated carbocycles. The monoisotopic (exact) mass is 129 g/mol. The number of carbonyl (C=O) groups is 1. The molecule has 0 heterocycles. The van der Waals surface area contributed by atoms with Gasteiger partial charge in [-0.05, 0) is 19.7 Å². The fraction of sp³-hybridized carbons (Fsp3) is 0.600. The van der Waals surface area contributed by atoms with Crippen LogP contribution in [0.3, 0.4) is 0 Å². The van der Waals surface area contributed by atoms with Crippen LogP contribution in [-0.4, -0.2) is 25.2 Å². The molecular formula is C5H11N3O. The van der Waals surface area contributed by atoms with Crippen molar-refractivity contribution in [2.24, 2.45) is 16.5 Å². The first-order valence-electron chi connectivity index (χ1n) is 2.68. The van der Waals surface area contributed by atoms with Crippen LogP contribution in [0, 0.1) is 0 Å². The summed E-state index contributed by atoms with van der Waals surface area (Å²) in [7, 11) is 0. The lowest BCUT2D eigenvalue weighted by Crippen LogP contribution is -2.31. The molecule has 0 spiro atoms. The molecule has 52 valence electrons. The average Bonchev–Trinajstić information content (AvgIpc) is 1.87. The van der Waals surface area contributed by atoms with Gasteiger partial charge in [0.15, 0.2) is 0 Å². The molecule has 0 saturated heterocycles. The molecule has 1 amide bonds. The number of hydrogen-bond acceptors (Lipinski definition) is 3. The van der Waals surface area contributed by atoms with E-state index in [1.54, 1.807) is 0 Å². The van der Waals surface area contributed by atoms with Gasteiger partial charge in [-0.15, -0.1) is 0 Å². The van der Waals surface area contributed by atoms with E-state index in [0.717, 1.165) is 0 Å². The van der Waals surface area contributed by atoms with E-state index < -0.39 is 6.04 Å². The van der Waals surface area contributed by atoms with Gasteiger partial charge in [0.2, 0.25) is 0 Å². The second-order valence-electron chi connectivity index (χ2n) is 1.68. The smallest absolute Gasteiger partial charge is 0.261 e. The molecule has 0 fully saturated rings. The molecule has 0 aliphatic heterocycles. The standard InChI is InChI=1S/C5H11N3O/c1-8-5(9)4(7)2-3-6/h4H,1-3,6-7H2/t4-/m0/s1. The summed E-state index contributed by atoms with van der Waals surface area (Å²) < 4.78 is 0. The lowest BCUT2D eigenvalue weighted by atomic mass is 10.2. The average molecular weight is 129 g/mol. The van der Waals surface area contributed by atoms with Gasteiger partial charge in [-0.2, -0.15) is 0 Å². The molecule has 0 aliphatic rings. The zero-order chi connectivity index (χ0) is 7.28. The lowest BCUT2D eigenvalue weighted by Gasteiger charge is -2.02. The minimum absolute atomic E-state index is 0.388. The Morgan fingerprint density at radius 3 is 2.67 bits per heavy atom. The summed E-state index contributed by atoms with van der Waals surface area (Å²) in [6.07, 6.45) is 0.470. The van der Waals surface area contributed by atoms with Crippen LogP contribution in [0.15, 0.2) is 4.99 Å². The summed E-state index contributed by atoms with van der Waals surface area (Å²) >= 11 is 0. The molecule has 0 rings (SSSR count). The van der Waals surface area contributed by atoms with Gasteiger partial charge in [0.05, 0.1) is 6.04 Å². The van der Waals surface area contributed by atoms with Crippen LogP contribution >= 0.6 is 0 Å². The van der Waals surface area contributed by atoms with Crippen molar-refractivity contribution in [2.75, 3.05) is 6.54 Å². The van der Waals surface area contributed by atoms with Crippen molar-refractivity contribution < 1.29 is 4.79 Å². The fourth-order valence-electron chi connectivity index (χ4n) is 0.420. The maximum absolute atomic E-state index is 10.5. The van der Waals surface area contributed by atoms with Crippen molar-refractivity contribution in [1.82, 2.24) is 0 Å². The van der Waals surface area contributed by atoms with E-state index in [9.17, 15) is 4.79 Å². The highest BCUT2D eigenvalue weighted by Gasteiger charge is 2.08. The van der Waals surface area contributed by atoms with E-state index in [4.69, 9.17) is 11.5 Å². The predicted molar refractivity (Wildman–Crippen MR) is 36.2 cm³/mol. The Hall–Kier alpha value is -0.740. The number of nitrogens with two attached hydrogens (primary N) is 2. The highest BCUT2D eigenvalue weighted by molar-refractivity contribution is 5.85. The zero-order valence-electron chi connectivity index (χ0n) is 5.21. The lowest BCUT2D eigenvalue weighted by molar-refractivity contribution is -0.119. The number of aliphatic imine (C=N–C) groups is 1. The van der Waals surface area contributed by atoms with Crippen LogP contribution < -0.4 is 11.5 Å². The summed E-state index contributed by atoms with van der Waals surface area (Å²) in [5, 5.41) is 0. The van der Waals surface area contributed by atoms with Gasteiger partial charge in [0, 0.05) is 0 Å². The van der Waals surface area contributed by atoms with Gasteiger partial charge in [0.1, 0.15) is 0 Å². The third-order valence-electron chi connectivity index (χ3n) is 0.951. The van der Waals surface area contributed by atoms with E-state index in [2.05, 4.69) is 11.7 Å². The topological polar surface area (TPSA) is 81.5 Å². The van der Waals surface area contributed by atoms with Gasteiger partial charge in [-0.3, -0.25) is 4.79 Å². The molecule has 4 nitrogen and oxygen atoms in total. The highest BCUT2D eigenvalue weighted by Crippen LogP contribution is 1.86. The quantitative estimate of drug-likeness (QED) is 0.474. The Morgan fingerprint density at radius 1 is 1.78 bits per heavy atom. The van der Waals surface area contributed by atoms with Crippen molar-refractivity contribution in [3.8, 4) is 0 Å². The molecule has 0 unspecified atom stereocenters. The molecule has 1 atom stereocenters. The maximum atomic E-state index is 10.5. The molecule has 0 aromatic carbocycles. The molecule has 0 radical (unpaired) electrons.